The molecule has 0 aliphatic carbocycles. The molecule has 0 saturated carbocycles. The molecule has 5 rings (SSSR count). The number of carboxylic acid groups (broad SMARTS) is 1. The number of ether oxygens (including phenoxy) is 1. The predicted octanol–water partition coefficient (Wildman–Crippen LogP) is 6.38. The summed E-state index contributed by atoms with van der Waals surface area (Å²) in [6.45, 7) is 1.40. The number of aliphatic hydroxyl groups is 1. The van der Waals surface area contributed by atoms with Crippen molar-refractivity contribution in [1.29, 1.82) is 0 Å². The van der Waals surface area contributed by atoms with Crippen LogP contribution in [0, 0.1) is 24.4 Å². The molecule has 4 aromatic rings. The summed E-state index contributed by atoms with van der Waals surface area (Å²) >= 11 is 6.39. The summed E-state index contributed by atoms with van der Waals surface area (Å²) < 4.78 is 53.2. The van der Waals surface area contributed by atoms with Gasteiger partial charge in [-0.3, -0.25) is 0 Å². The van der Waals surface area contributed by atoms with Gasteiger partial charge in [0.1, 0.15) is 30.0 Å². The molecule has 0 fully saturated rings. The van der Waals surface area contributed by atoms with Gasteiger partial charge < -0.3 is 19.8 Å². The van der Waals surface area contributed by atoms with E-state index in [1.807, 2.05) is 31.2 Å². The highest BCUT2D eigenvalue weighted by Crippen LogP contribution is 2.44. The van der Waals surface area contributed by atoms with Crippen molar-refractivity contribution in [3.63, 3.8) is 0 Å². The zero-order valence-electron chi connectivity index (χ0n) is 21.2. The van der Waals surface area contributed by atoms with Crippen LogP contribution >= 0.6 is 11.6 Å². The van der Waals surface area contributed by atoms with Crippen molar-refractivity contribution in [1.82, 2.24) is 14.9 Å². The minimum Gasteiger partial charge on any atom is -0.488 e. The summed E-state index contributed by atoms with van der Waals surface area (Å²) in [5, 5.41) is 18.2. The summed E-state index contributed by atoms with van der Waals surface area (Å²) in [4.78, 5) is 20.6. The summed E-state index contributed by atoms with van der Waals surface area (Å²) in [6, 6.07) is 11.4. The molecule has 1 aliphatic rings. The van der Waals surface area contributed by atoms with Crippen molar-refractivity contribution in [2.45, 2.75) is 20.0 Å². The molecule has 1 amide bonds. The largest absolute Gasteiger partial charge is 0.488 e. The third kappa shape index (κ3) is 4.96. The highest BCUT2D eigenvalue weighted by Gasteiger charge is 2.30. The molecule has 3 aromatic carbocycles. The van der Waals surface area contributed by atoms with Crippen LogP contribution in [0.1, 0.15) is 23.2 Å². The Morgan fingerprint density at radius 3 is 2.52 bits per heavy atom. The van der Waals surface area contributed by atoms with Gasteiger partial charge in [-0.15, -0.1) is 0 Å². The van der Waals surface area contributed by atoms with Crippen LogP contribution in [0.2, 0.25) is 5.02 Å². The van der Waals surface area contributed by atoms with Crippen LogP contribution in [-0.2, 0) is 6.61 Å². The molecule has 40 heavy (non-hydrogen) atoms. The van der Waals surface area contributed by atoms with Crippen LogP contribution in [0.5, 0.6) is 5.75 Å². The maximum atomic E-state index is 16.1. The van der Waals surface area contributed by atoms with Crippen molar-refractivity contribution >= 4 is 34.2 Å². The third-order valence-electron chi connectivity index (χ3n) is 6.83. The first-order chi connectivity index (χ1) is 19.2. The SMILES string of the molecule is Cc1ccc(COc2cccc(F)c2-c2c(Cl)c(F)c3c(C4=C(CO)CN(C(=O)O)CC4)ncnc3c2F)cc1. The van der Waals surface area contributed by atoms with E-state index < -0.39 is 46.3 Å². The Bertz CT molecular complexity index is 1660. The van der Waals surface area contributed by atoms with Crippen molar-refractivity contribution in [3.05, 3.63) is 93.7 Å². The molecule has 1 aliphatic heterocycles. The quantitative estimate of drug-likeness (QED) is 0.261. The Morgan fingerprint density at radius 2 is 1.82 bits per heavy atom. The van der Waals surface area contributed by atoms with E-state index in [1.165, 1.54) is 12.1 Å². The first-order valence-electron chi connectivity index (χ1n) is 12.3. The highest BCUT2D eigenvalue weighted by atomic mass is 35.5. The molecule has 2 heterocycles. The van der Waals surface area contributed by atoms with E-state index in [-0.39, 0.29) is 54.1 Å². The van der Waals surface area contributed by atoms with Gasteiger partial charge in [0.15, 0.2) is 11.6 Å². The minimum atomic E-state index is -1.17. The number of hydrogen-bond donors (Lipinski definition) is 2. The Labute approximate surface area is 232 Å². The van der Waals surface area contributed by atoms with E-state index >= 15 is 13.2 Å². The molecule has 7 nitrogen and oxygen atoms in total. The average molecular weight is 570 g/mol. The lowest BCUT2D eigenvalue weighted by molar-refractivity contribution is 0.146. The number of aliphatic hydroxyl groups excluding tert-OH is 1. The molecule has 1 aromatic heterocycles. The molecule has 0 spiro atoms. The zero-order valence-corrected chi connectivity index (χ0v) is 22.0. The average Bonchev–Trinajstić information content (AvgIpc) is 2.96. The van der Waals surface area contributed by atoms with Crippen LogP contribution in [0.3, 0.4) is 0 Å². The smallest absolute Gasteiger partial charge is 0.407 e. The van der Waals surface area contributed by atoms with Gasteiger partial charge in [0.25, 0.3) is 0 Å². The van der Waals surface area contributed by atoms with Gasteiger partial charge in [-0.25, -0.2) is 27.9 Å². The number of halogens is 4. The van der Waals surface area contributed by atoms with Crippen molar-refractivity contribution in [2.75, 3.05) is 19.7 Å². The number of rotatable bonds is 6. The highest BCUT2D eigenvalue weighted by molar-refractivity contribution is 6.34. The number of benzene rings is 3. The van der Waals surface area contributed by atoms with Crippen LogP contribution in [0.25, 0.3) is 27.6 Å². The van der Waals surface area contributed by atoms with Gasteiger partial charge in [-0.05, 0) is 42.2 Å². The lowest BCUT2D eigenvalue weighted by Gasteiger charge is -2.28. The zero-order chi connectivity index (χ0) is 28.6. The van der Waals surface area contributed by atoms with E-state index in [0.717, 1.165) is 28.4 Å². The van der Waals surface area contributed by atoms with Gasteiger partial charge in [-0.2, -0.15) is 0 Å². The van der Waals surface area contributed by atoms with Crippen molar-refractivity contribution < 1.29 is 32.9 Å². The van der Waals surface area contributed by atoms with Crippen molar-refractivity contribution in [2.24, 2.45) is 0 Å². The van der Waals surface area contributed by atoms with Gasteiger partial charge >= 0.3 is 6.09 Å². The number of aromatic nitrogens is 2. The first kappa shape index (κ1) is 27.4. The molecule has 11 heteroatoms. The monoisotopic (exact) mass is 569 g/mol. The van der Waals surface area contributed by atoms with E-state index in [0.29, 0.717) is 5.57 Å². The molecule has 0 saturated heterocycles. The van der Waals surface area contributed by atoms with Gasteiger partial charge in [-0.1, -0.05) is 47.5 Å². The topological polar surface area (TPSA) is 95.8 Å². The molecule has 0 unspecified atom stereocenters. The summed E-state index contributed by atoms with van der Waals surface area (Å²) in [6.07, 6.45) is -0.0497. The molecular formula is C29H23ClF3N3O4. The number of amides is 1. The Morgan fingerprint density at radius 1 is 1.07 bits per heavy atom. The molecule has 2 N–H and O–H groups in total. The fraction of sp³-hybridized carbons (Fsp3) is 0.207. The Kier molecular flexibility index (Phi) is 7.64. The summed E-state index contributed by atoms with van der Waals surface area (Å²) in [5.41, 5.74) is 1.11. The molecule has 0 atom stereocenters. The standard InChI is InChI=1S/C29H23ClF3N3O4/c1-15-5-7-16(8-6-15)13-40-20-4-2-3-19(31)21(20)22-24(30)25(32)23-27(34-14-35-28(23)26(22)33)18-9-10-36(29(38)39)11-17(18)12-37/h2-8,14,37H,9-13H2,1H3,(H,38,39). The normalized spacial score (nSPS) is 13.7. The number of aryl methyl sites for hydroxylation is 1. The third-order valence-corrected chi connectivity index (χ3v) is 7.19. The second-order valence-corrected chi connectivity index (χ2v) is 9.72. The molecule has 206 valence electrons. The number of hydrogen-bond acceptors (Lipinski definition) is 5. The number of carbonyl (C=O) groups is 1. The lowest BCUT2D eigenvalue weighted by atomic mass is 9.93. The number of nitrogens with zero attached hydrogens (tertiary/aromatic N) is 3. The molecular weight excluding hydrogens is 547 g/mol. The van der Waals surface area contributed by atoms with Crippen LogP contribution in [0.15, 0.2) is 54.4 Å². The number of fused-ring (bicyclic) bond motifs is 1. The summed E-state index contributed by atoms with van der Waals surface area (Å²) in [5.74, 6) is -3.08. The summed E-state index contributed by atoms with van der Waals surface area (Å²) in [7, 11) is 0. The maximum absolute atomic E-state index is 16.1. The van der Waals surface area contributed by atoms with Gasteiger partial charge in [0.2, 0.25) is 0 Å². The van der Waals surface area contributed by atoms with Crippen LogP contribution in [-0.4, -0.2) is 50.9 Å². The van der Waals surface area contributed by atoms with E-state index in [2.05, 4.69) is 9.97 Å². The van der Waals surface area contributed by atoms with Crippen molar-refractivity contribution in [3.8, 4) is 16.9 Å². The van der Waals surface area contributed by atoms with E-state index in [4.69, 9.17) is 16.3 Å². The van der Waals surface area contributed by atoms with E-state index in [9.17, 15) is 15.0 Å². The van der Waals surface area contributed by atoms with Gasteiger partial charge in [0, 0.05) is 18.7 Å². The minimum absolute atomic E-state index is 0.0201. The maximum Gasteiger partial charge on any atom is 0.407 e. The van der Waals surface area contributed by atoms with E-state index in [1.54, 1.807) is 0 Å². The molecule has 0 bridgehead atoms. The predicted molar refractivity (Wildman–Crippen MR) is 144 cm³/mol. The lowest BCUT2D eigenvalue weighted by Crippen LogP contribution is -2.36. The fourth-order valence-electron chi connectivity index (χ4n) is 4.78. The fourth-order valence-corrected chi connectivity index (χ4v) is 5.05. The van der Waals surface area contributed by atoms with Gasteiger partial charge in [0.05, 0.1) is 28.3 Å². The first-order valence-corrected chi connectivity index (χ1v) is 12.7. The second-order valence-electron chi connectivity index (χ2n) is 9.34. The van der Waals surface area contributed by atoms with Crippen LogP contribution < -0.4 is 4.74 Å². The Hall–Kier alpha value is -4.15. The second kappa shape index (κ2) is 11.1. The Balaban J connectivity index is 1.65. The molecule has 0 radical (unpaired) electrons. The van der Waals surface area contributed by atoms with Crippen LogP contribution in [0.4, 0.5) is 18.0 Å².